The minimum Gasteiger partial charge on any atom is -0.463 e. The first-order chi connectivity index (χ1) is 7.06. The largest absolute Gasteiger partial charge is 0.463 e. The number of esters is 1. The summed E-state index contributed by atoms with van der Waals surface area (Å²) < 4.78 is 4.98. The Morgan fingerprint density at radius 1 is 1.20 bits per heavy atom. The zero-order valence-electron chi connectivity index (χ0n) is 9.62. The fourth-order valence-corrected chi connectivity index (χ4v) is 1.17. The molecule has 0 saturated heterocycles. The summed E-state index contributed by atoms with van der Waals surface area (Å²) in [5, 5.41) is 0. The third kappa shape index (κ3) is 9.19. The van der Waals surface area contributed by atoms with Crippen molar-refractivity contribution >= 4 is 11.8 Å². The lowest BCUT2D eigenvalue weighted by atomic mass is 10.1. The highest BCUT2D eigenvalue weighted by atomic mass is 16.5. The van der Waals surface area contributed by atoms with Gasteiger partial charge in [0.25, 0.3) is 0 Å². The van der Waals surface area contributed by atoms with Gasteiger partial charge >= 0.3 is 5.97 Å². The van der Waals surface area contributed by atoms with Crippen LogP contribution in [0.25, 0.3) is 0 Å². The Labute approximate surface area is 91.5 Å². The molecule has 0 N–H and O–H groups in total. The van der Waals surface area contributed by atoms with Crippen molar-refractivity contribution < 1.29 is 14.3 Å². The van der Waals surface area contributed by atoms with E-state index < -0.39 is 0 Å². The van der Waals surface area contributed by atoms with Gasteiger partial charge in [-0.15, -0.1) is 0 Å². The van der Waals surface area contributed by atoms with E-state index in [1.807, 2.05) is 13.8 Å². The standard InChI is InChI=1S/C12H20O3/c1-4-11(13)8-6-5-7-9-12(14)15-10(2)3/h4,10H,1,5-9H2,2-3H3. The smallest absolute Gasteiger partial charge is 0.306 e. The summed E-state index contributed by atoms with van der Waals surface area (Å²) in [6.07, 6.45) is 4.76. The summed E-state index contributed by atoms with van der Waals surface area (Å²) in [5.41, 5.74) is 0. The van der Waals surface area contributed by atoms with Gasteiger partial charge < -0.3 is 4.74 Å². The van der Waals surface area contributed by atoms with Crippen molar-refractivity contribution in [2.75, 3.05) is 0 Å². The zero-order valence-corrected chi connectivity index (χ0v) is 9.62. The fourth-order valence-electron chi connectivity index (χ4n) is 1.17. The highest BCUT2D eigenvalue weighted by Crippen LogP contribution is 2.05. The average molecular weight is 212 g/mol. The molecule has 0 atom stereocenters. The van der Waals surface area contributed by atoms with Crippen LogP contribution in [0.4, 0.5) is 0 Å². The molecule has 0 spiro atoms. The van der Waals surface area contributed by atoms with Crippen LogP contribution in [0.2, 0.25) is 0 Å². The topological polar surface area (TPSA) is 43.4 Å². The van der Waals surface area contributed by atoms with E-state index >= 15 is 0 Å². The monoisotopic (exact) mass is 212 g/mol. The first kappa shape index (κ1) is 13.9. The first-order valence-corrected chi connectivity index (χ1v) is 5.41. The van der Waals surface area contributed by atoms with E-state index in [4.69, 9.17) is 4.74 Å². The number of rotatable bonds is 8. The molecule has 0 heterocycles. The third-order valence-electron chi connectivity index (χ3n) is 1.90. The number of carbonyl (C=O) groups is 2. The molecule has 0 amide bonds. The number of hydrogen-bond acceptors (Lipinski definition) is 3. The maximum absolute atomic E-state index is 11.1. The van der Waals surface area contributed by atoms with E-state index in [0.717, 1.165) is 19.3 Å². The van der Waals surface area contributed by atoms with E-state index in [2.05, 4.69) is 6.58 Å². The van der Waals surface area contributed by atoms with Crippen LogP contribution in [0.5, 0.6) is 0 Å². The Balaban J connectivity index is 3.34. The van der Waals surface area contributed by atoms with E-state index in [0.29, 0.717) is 12.8 Å². The minimum atomic E-state index is -0.153. The highest BCUT2D eigenvalue weighted by molar-refractivity contribution is 5.88. The summed E-state index contributed by atoms with van der Waals surface area (Å²) in [7, 11) is 0. The Morgan fingerprint density at radius 3 is 2.33 bits per heavy atom. The second-order valence-electron chi connectivity index (χ2n) is 3.77. The van der Waals surface area contributed by atoms with Crippen LogP contribution in [0.3, 0.4) is 0 Å². The van der Waals surface area contributed by atoms with Gasteiger partial charge in [0.2, 0.25) is 0 Å². The number of allylic oxidation sites excluding steroid dienone is 1. The molecule has 0 fully saturated rings. The second kappa shape index (κ2) is 8.21. The van der Waals surface area contributed by atoms with E-state index in [1.165, 1.54) is 6.08 Å². The molecule has 3 nitrogen and oxygen atoms in total. The lowest BCUT2D eigenvalue weighted by Gasteiger charge is -2.07. The van der Waals surface area contributed by atoms with Gasteiger partial charge in [0.15, 0.2) is 5.78 Å². The van der Waals surface area contributed by atoms with Crippen molar-refractivity contribution in [3.05, 3.63) is 12.7 Å². The number of unbranched alkanes of at least 4 members (excludes halogenated alkanes) is 2. The van der Waals surface area contributed by atoms with E-state index in [9.17, 15) is 9.59 Å². The van der Waals surface area contributed by atoms with Crippen molar-refractivity contribution in [1.82, 2.24) is 0 Å². The molecule has 0 bridgehead atoms. The quantitative estimate of drug-likeness (QED) is 0.353. The molecule has 0 aliphatic heterocycles. The predicted octanol–water partition coefficient (Wildman–Crippen LogP) is 2.64. The van der Waals surface area contributed by atoms with Crippen molar-refractivity contribution in [3.8, 4) is 0 Å². The molecule has 0 saturated carbocycles. The van der Waals surface area contributed by atoms with Crippen LogP contribution in [-0.4, -0.2) is 17.9 Å². The third-order valence-corrected chi connectivity index (χ3v) is 1.90. The van der Waals surface area contributed by atoms with E-state index in [-0.39, 0.29) is 17.9 Å². The van der Waals surface area contributed by atoms with Gasteiger partial charge in [0.1, 0.15) is 0 Å². The normalized spacial score (nSPS) is 10.1. The van der Waals surface area contributed by atoms with Gasteiger partial charge in [-0.3, -0.25) is 9.59 Å². The van der Waals surface area contributed by atoms with Crippen molar-refractivity contribution in [2.24, 2.45) is 0 Å². The van der Waals surface area contributed by atoms with Gasteiger partial charge in [0.05, 0.1) is 6.10 Å². The SMILES string of the molecule is C=CC(=O)CCCCCC(=O)OC(C)C. The molecular formula is C12H20O3. The lowest BCUT2D eigenvalue weighted by molar-refractivity contribution is -0.147. The summed E-state index contributed by atoms with van der Waals surface area (Å²) >= 11 is 0. The molecule has 0 aliphatic rings. The predicted molar refractivity (Wildman–Crippen MR) is 59.5 cm³/mol. The fraction of sp³-hybridized carbons (Fsp3) is 0.667. The van der Waals surface area contributed by atoms with Crippen LogP contribution in [0.15, 0.2) is 12.7 Å². The van der Waals surface area contributed by atoms with Crippen molar-refractivity contribution in [3.63, 3.8) is 0 Å². The highest BCUT2D eigenvalue weighted by Gasteiger charge is 2.04. The van der Waals surface area contributed by atoms with Crippen molar-refractivity contribution in [1.29, 1.82) is 0 Å². The van der Waals surface area contributed by atoms with Gasteiger partial charge in [0, 0.05) is 12.8 Å². The molecule has 0 rings (SSSR count). The van der Waals surface area contributed by atoms with Crippen LogP contribution in [0, 0.1) is 0 Å². The number of ketones is 1. The average Bonchev–Trinajstić information content (AvgIpc) is 2.15. The van der Waals surface area contributed by atoms with Gasteiger partial charge in [-0.2, -0.15) is 0 Å². The molecule has 0 aromatic carbocycles. The second-order valence-corrected chi connectivity index (χ2v) is 3.77. The van der Waals surface area contributed by atoms with E-state index in [1.54, 1.807) is 0 Å². The molecule has 0 aromatic rings. The molecule has 86 valence electrons. The Kier molecular flexibility index (Phi) is 7.60. The maximum atomic E-state index is 11.1. The summed E-state index contributed by atoms with van der Waals surface area (Å²) in [4.78, 5) is 21.9. The molecule has 3 heteroatoms. The molecule has 0 aliphatic carbocycles. The summed E-state index contributed by atoms with van der Waals surface area (Å²) in [6.45, 7) is 7.06. The van der Waals surface area contributed by atoms with Crippen molar-refractivity contribution in [2.45, 2.75) is 52.1 Å². The van der Waals surface area contributed by atoms with Crippen LogP contribution in [0.1, 0.15) is 46.0 Å². The Morgan fingerprint density at radius 2 is 1.80 bits per heavy atom. The maximum Gasteiger partial charge on any atom is 0.306 e. The first-order valence-electron chi connectivity index (χ1n) is 5.41. The molecule has 0 radical (unpaired) electrons. The number of ether oxygens (including phenoxy) is 1. The van der Waals surface area contributed by atoms with Crippen LogP contribution < -0.4 is 0 Å². The lowest BCUT2D eigenvalue weighted by Crippen LogP contribution is -2.10. The zero-order chi connectivity index (χ0) is 11.7. The van der Waals surface area contributed by atoms with Crippen LogP contribution >= 0.6 is 0 Å². The summed E-state index contributed by atoms with van der Waals surface area (Å²) in [5.74, 6) is -0.0835. The number of hydrogen-bond donors (Lipinski definition) is 0. The molecular weight excluding hydrogens is 192 g/mol. The van der Waals surface area contributed by atoms with Crippen LogP contribution in [-0.2, 0) is 14.3 Å². The number of carbonyl (C=O) groups excluding carboxylic acids is 2. The van der Waals surface area contributed by atoms with Gasteiger partial charge in [-0.25, -0.2) is 0 Å². The van der Waals surface area contributed by atoms with Gasteiger partial charge in [-0.05, 0) is 32.8 Å². The Hall–Kier alpha value is -1.12. The summed E-state index contributed by atoms with van der Waals surface area (Å²) in [6, 6.07) is 0. The molecule has 15 heavy (non-hydrogen) atoms. The Bertz CT molecular complexity index is 219. The minimum absolute atomic E-state index is 0.0418. The molecule has 0 aromatic heterocycles. The van der Waals surface area contributed by atoms with Gasteiger partial charge in [-0.1, -0.05) is 13.0 Å². The molecule has 0 unspecified atom stereocenters.